The van der Waals surface area contributed by atoms with Crippen molar-refractivity contribution in [1.82, 2.24) is 4.98 Å². The van der Waals surface area contributed by atoms with Crippen molar-refractivity contribution in [3.8, 4) is 0 Å². The summed E-state index contributed by atoms with van der Waals surface area (Å²) in [6.45, 7) is 1.74. The Balaban J connectivity index is 1.75. The lowest BCUT2D eigenvalue weighted by molar-refractivity contribution is -0.111. The third-order valence-electron chi connectivity index (χ3n) is 3.68. The molecule has 6 nitrogen and oxygen atoms in total. The van der Waals surface area contributed by atoms with Gasteiger partial charge in [0.2, 0.25) is 11.8 Å². The summed E-state index contributed by atoms with van der Waals surface area (Å²) in [6, 6.07) is 12.4. The molecule has 0 fully saturated rings. The molecule has 0 aliphatic carbocycles. The van der Waals surface area contributed by atoms with Gasteiger partial charge in [0.05, 0.1) is 12.7 Å². The van der Waals surface area contributed by atoms with E-state index in [-0.39, 0.29) is 5.91 Å². The third kappa shape index (κ3) is 3.58. The highest BCUT2D eigenvalue weighted by Crippen LogP contribution is 2.20. The Morgan fingerprint density at radius 1 is 1.16 bits per heavy atom. The lowest BCUT2D eigenvalue weighted by atomic mass is 10.1. The van der Waals surface area contributed by atoms with Gasteiger partial charge in [-0.25, -0.2) is 9.78 Å². The van der Waals surface area contributed by atoms with Crippen LogP contribution in [0.2, 0.25) is 0 Å². The molecule has 6 heteroatoms. The summed E-state index contributed by atoms with van der Waals surface area (Å²) in [5.41, 5.74) is 2.96. The van der Waals surface area contributed by atoms with Crippen LogP contribution in [-0.2, 0) is 9.53 Å². The van der Waals surface area contributed by atoms with Crippen LogP contribution >= 0.6 is 0 Å². The van der Waals surface area contributed by atoms with Crippen molar-refractivity contribution in [3.63, 3.8) is 0 Å². The van der Waals surface area contributed by atoms with Crippen molar-refractivity contribution >= 4 is 34.7 Å². The van der Waals surface area contributed by atoms with Crippen molar-refractivity contribution in [3.05, 3.63) is 65.6 Å². The minimum absolute atomic E-state index is 0.344. The SMILES string of the molecule is COC(=O)c1cccc(NC(=O)/C=C/c2nc3ccccc3o2)c1C. The number of fused-ring (bicyclic) bond motifs is 1. The summed E-state index contributed by atoms with van der Waals surface area (Å²) in [5, 5.41) is 2.73. The predicted molar refractivity (Wildman–Crippen MR) is 94.2 cm³/mol. The number of carbonyl (C=O) groups is 2. The third-order valence-corrected chi connectivity index (χ3v) is 3.68. The molecule has 1 amide bonds. The number of esters is 1. The molecule has 1 N–H and O–H groups in total. The fourth-order valence-corrected chi connectivity index (χ4v) is 2.38. The Kier molecular flexibility index (Phi) is 4.61. The van der Waals surface area contributed by atoms with Gasteiger partial charge in [-0.15, -0.1) is 0 Å². The van der Waals surface area contributed by atoms with Crippen molar-refractivity contribution in [2.24, 2.45) is 0 Å². The lowest BCUT2D eigenvalue weighted by Gasteiger charge is -2.09. The smallest absolute Gasteiger partial charge is 0.338 e. The first kappa shape index (κ1) is 16.4. The molecule has 1 heterocycles. The predicted octanol–water partition coefficient (Wildman–Crippen LogP) is 3.57. The molecule has 3 rings (SSSR count). The van der Waals surface area contributed by atoms with E-state index in [0.29, 0.717) is 28.3 Å². The van der Waals surface area contributed by atoms with E-state index in [0.717, 1.165) is 5.52 Å². The van der Waals surface area contributed by atoms with E-state index in [1.807, 2.05) is 18.2 Å². The van der Waals surface area contributed by atoms with Gasteiger partial charge in [0, 0.05) is 17.8 Å². The van der Waals surface area contributed by atoms with Gasteiger partial charge in [0.15, 0.2) is 5.58 Å². The number of para-hydroxylation sites is 2. The summed E-state index contributed by atoms with van der Waals surface area (Å²) in [5.74, 6) is -0.459. The molecule has 2 aromatic carbocycles. The number of amides is 1. The molecule has 1 aromatic heterocycles. The maximum atomic E-state index is 12.1. The number of ether oxygens (including phenoxy) is 1. The first-order valence-corrected chi connectivity index (χ1v) is 7.61. The van der Waals surface area contributed by atoms with Crippen molar-refractivity contribution in [1.29, 1.82) is 0 Å². The zero-order valence-electron chi connectivity index (χ0n) is 13.8. The number of oxazole rings is 1. The monoisotopic (exact) mass is 336 g/mol. The highest BCUT2D eigenvalue weighted by molar-refractivity contribution is 6.03. The fraction of sp³-hybridized carbons (Fsp3) is 0.105. The molecular weight excluding hydrogens is 320 g/mol. The number of hydrogen-bond acceptors (Lipinski definition) is 5. The number of anilines is 1. The van der Waals surface area contributed by atoms with Gasteiger partial charge in [0.25, 0.3) is 0 Å². The summed E-state index contributed by atoms with van der Waals surface area (Å²) < 4.78 is 10.2. The van der Waals surface area contributed by atoms with Crippen LogP contribution in [-0.4, -0.2) is 24.0 Å². The van der Waals surface area contributed by atoms with E-state index in [2.05, 4.69) is 10.3 Å². The summed E-state index contributed by atoms with van der Waals surface area (Å²) in [4.78, 5) is 28.1. The van der Waals surface area contributed by atoms with E-state index >= 15 is 0 Å². The van der Waals surface area contributed by atoms with Gasteiger partial charge in [-0.3, -0.25) is 4.79 Å². The Bertz CT molecular complexity index is 939. The van der Waals surface area contributed by atoms with Crippen LogP contribution in [0.5, 0.6) is 0 Å². The fourth-order valence-electron chi connectivity index (χ4n) is 2.38. The molecule has 0 aliphatic rings. The average molecular weight is 336 g/mol. The molecule has 0 spiro atoms. The van der Waals surface area contributed by atoms with Gasteiger partial charge in [-0.05, 0) is 36.8 Å². The number of benzene rings is 2. The maximum absolute atomic E-state index is 12.1. The van der Waals surface area contributed by atoms with Crippen LogP contribution in [0.25, 0.3) is 17.2 Å². The number of nitrogens with zero attached hydrogens (tertiary/aromatic N) is 1. The van der Waals surface area contributed by atoms with Gasteiger partial charge in [-0.1, -0.05) is 18.2 Å². The van der Waals surface area contributed by atoms with Crippen LogP contribution in [0.15, 0.2) is 53.0 Å². The van der Waals surface area contributed by atoms with E-state index in [4.69, 9.17) is 9.15 Å². The van der Waals surface area contributed by atoms with Crippen molar-refractivity contribution in [2.45, 2.75) is 6.92 Å². The number of rotatable bonds is 4. The summed E-state index contributed by atoms with van der Waals surface area (Å²) in [7, 11) is 1.32. The van der Waals surface area contributed by atoms with E-state index in [1.165, 1.54) is 19.3 Å². The molecule has 0 radical (unpaired) electrons. The quantitative estimate of drug-likeness (QED) is 0.582. The number of nitrogens with one attached hydrogen (secondary N) is 1. The molecule has 0 aliphatic heterocycles. The Labute approximate surface area is 144 Å². The van der Waals surface area contributed by atoms with Crippen LogP contribution < -0.4 is 5.32 Å². The van der Waals surface area contributed by atoms with Gasteiger partial charge >= 0.3 is 5.97 Å². The average Bonchev–Trinajstić information content (AvgIpc) is 3.04. The molecule has 0 saturated carbocycles. The summed E-state index contributed by atoms with van der Waals surface area (Å²) in [6.07, 6.45) is 2.82. The molecule has 0 atom stereocenters. The largest absolute Gasteiger partial charge is 0.465 e. The number of carbonyl (C=O) groups excluding carboxylic acids is 2. The van der Waals surface area contributed by atoms with E-state index in [9.17, 15) is 9.59 Å². The Hall–Kier alpha value is -3.41. The first-order chi connectivity index (χ1) is 12.1. The lowest BCUT2D eigenvalue weighted by Crippen LogP contribution is -2.11. The van der Waals surface area contributed by atoms with Gasteiger partial charge < -0.3 is 14.5 Å². The minimum Gasteiger partial charge on any atom is -0.465 e. The van der Waals surface area contributed by atoms with E-state index < -0.39 is 5.97 Å². The molecule has 126 valence electrons. The van der Waals surface area contributed by atoms with E-state index in [1.54, 1.807) is 31.2 Å². The minimum atomic E-state index is -0.449. The molecule has 25 heavy (non-hydrogen) atoms. The number of hydrogen-bond donors (Lipinski definition) is 1. The normalized spacial score (nSPS) is 11.0. The van der Waals surface area contributed by atoms with Crippen LogP contribution in [0.3, 0.4) is 0 Å². The van der Waals surface area contributed by atoms with Crippen LogP contribution in [0.4, 0.5) is 5.69 Å². The van der Waals surface area contributed by atoms with Gasteiger partial charge in [-0.2, -0.15) is 0 Å². The van der Waals surface area contributed by atoms with Crippen LogP contribution in [0, 0.1) is 6.92 Å². The molecular formula is C19H16N2O4. The maximum Gasteiger partial charge on any atom is 0.338 e. The highest BCUT2D eigenvalue weighted by Gasteiger charge is 2.12. The molecule has 3 aromatic rings. The zero-order chi connectivity index (χ0) is 17.8. The zero-order valence-corrected chi connectivity index (χ0v) is 13.8. The second kappa shape index (κ2) is 7.00. The van der Waals surface area contributed by atoms with Crippen LogP contribution in [0.1, 0.15) is 21.8 Å². The standard InChI is InChI=1S/C19H16N2O4/c1-12-13(19(23)24-2)6-5-8-14(12)20-17(22)10-11-18-21-15-7-3-4-9-16(15)25-18/h3-11H,1-2H3,(H,20,22)/b11-10+. The molecule has 0 saturated heterocycles. The van der Waals surface area contributed by atoms with Crippen molar-refractivity contribution in [2.75, 3.05) is 12.4 Å². The molecule has 0 unspecified atom stereocenters. The second-order valence-corrected chi connectivity index (χ2v) is 5.31. The Morgan fingerprint density at radius 2 is 1.96 bits per heavy atom. The summed E-state index contributed by atoms with van der Waals surface area (Å²) >= 11 is 0. The van der Waals surface area contributed by atoms with Gasteiger partial charge in [0.1, 0.15) is 5.52 Å². The first-order valence-electron chi connectivity index (χ1n) is 7.61. The Morgan fingerprint density at radius 3 is 2.72 bits per heavy atom. The topological polar surface area (TPSA) is 81.4 Å². The van der Waals surface area contributed by atoms with Crippen molar-refractivity contribution < 1.29 is 18.7 Å². The number of methoxy groups -OCH3 is 1. The molecule has 0 bridgehead atoms. The second-order valence-electron chi connectivity index (χ2n) is 5.31. The number of aromatic nitrogens is 1. The highest BCUT2D eigenvalue weighted by atomic mass is 16.5.